The summed E-state index contributed by atoms with van der Waals surface area (Å²) in [7, 11) is 0. The first-order chi connectivity index (χ1) is 9.38. The molecule has 0 aromatic carbocycles. The van der Waals surface area contributed by atoms with Crippen molar-refractivity contribution in [2.45, 2.75) is 49.1 Å². The summed E-state index contributed by atoms with van der Waals surface area (Å²) in [5.41, 5.74) is 0. The topological polar surface area (TPSA) is 51.0 Å². The lowest BCUT2D eigenvalue weighted by molar-refractivity contribution is 0.296. The lowest BCUT2D eigenvalue weighted by Gasteiger charge is -2.27. The van der Waals surface area contributed by atoms with Gasteiger partial charge >= 0.3 is 0 Å². The summed E-state index contributed by atoms with van der Waals surface area (Å²) in [5.74, 6) is 4.14. The predicted molar refractivity (Wildman–Crippen MR) is 80.6 cm³/mol. The van der Waals surface area contributed by atoms with Gasteiger partial charge in [0, 0.05) is 16.8 Å². The maximum atomic E-state index is 5.50. The van der Waals surface area contributed by atoms with Crippen molar-refractivity contribution in [3.8, 4) is 0 Å². The van der Waals surface area contributed by atoms with Gasteiger partial charge in [0.05, 0.1) is 11.3 Å². The van der Waals surface area contributed by atoms with E-state index < -0.39 is 0 Å². The Morgan fingerprint density at radius 3 is 3.00 bits per heavy atom. The van der Waals surface area contributed by atoms with Gasteiger partial charge in [-0.05, 0) is 25.8 Å². The quantitative estimate of drug-likeness (QED) is 0.925. The molecule has 0 aliphatic carbocycles. The van der Waals surface area contributed by atoms with Crippen molar-refractivity contribution < 1.29 is 4.52 Å². The van der Waals surface area contributed by atoms with Crippen LogP contribution in [0.2, 0.25) is 0 Å². The van der Waals surface area contributed by atoms with E-state index in [1.807, 2.05) is 11.8 Å². The van der Waals surface area contributed by atoms with Crippen molar-refractivity contribution >= 4 is 23.5 Å². The molecular formula is C13H21N3OS2. The maximum Gasteiger partial charge on any atom is 0.243 e. The third-order valence-corrected chi connectivity index (χ3v) is 7.02. The highest BCUT2D eigenvalue weighted by Crippen LogP contribution is 2.43. The molecule has 1 aromatic heterocycles. The second kappa shape index (κ2) is 6.50. The summed E-state index contributed by atoms with van der Waals surface area (Å²) in [4.78, 5) is 4.68. The summed E-state index contributed by atoms with van der Waals surface area (Å²) in [6.07, 6.45) is 4.80. The third-order valence-electron chi connectivity index (χ3n) is 3.77. The molecule has 0 saturated carbocycles. The zero-order valence-corrected chi connectivity index (χ0v) is 12.9. The van der Waals surface area contributed by atoms with Crippen LogP contribution in [0.5, 0.6) is 0 Å². The second-order valence-electron chi connectivity index (χ2n) is 5.10. The van der Waals surface area contributed by atoms with Crippen LogP contribution in [-0.4, -0.2) is 33.4 Å². The Bertz CT molecular complexity index is 406. The standard InChI is InChI=1S/C13H21N3OS2/c1-2-10-11(19-8-7-18-10)12-15-13(17-16-12)9-5-3-4-6-14-9/h9-11,14H,2-8H2,1H3/t9-,10?,11?/m0/s1. The molecule has 1 N–H and O–H groups in total. The van der Waals surface area contributed by atoms with Crippen molar-refractivity contribution in [3.05, 3.63) is 11.7 Å². The van der Waals surface area contributed by atoms with Gasteiger partial charge in [-0.15, -0.1) is 11.8 Å². The molecule has 4 nitrogen and oxygen atoms in total. The van der Waals surface area contributed by atoms with Crippen molar-refractivity contribution in [2.24, 2.45) is 0 Å². The lowest BCUT2D eigenvalue weighted by atomic mass is 10.1. The molecule has 2 aliphatic heterocycles. The molecule has 0 spiro atoms. The van der Waals surface area contributed by atoms with Gasteiger partial charge in [0.2, 0.25) is 5.89 Å². The van der Waals surface area contributed by atoms with Crippen molar-refractivity contribution in [1.29, 1.82) is 0 Å². The van der Waals surface area contributed by atoms with E-state index >= 15 is 0 Å². The van der Waals surface area contributed by atoms with E-state index in [9.17, 15) is 0 Å². The lowest BCUT2D eigenvalue weighted by Crippen LogP contribution is -2.27. The summed E-state index contributed by atoms with van der Waals surface area (Å²) in [6.45, 7) is 3.31. The molecule has 2 unspecified atom stereocenters. The van der Waals surface area contributed by atoms with Crippen LogP contribution in [-0.2, 0) is 0 Å². The molecule has 2 fully saturated rings. The van der Waals surface area contributed by atoms with Crippen molar-refractivity contribution in [1.82, 2.24) is 15.5 Å². The molecule has 2 aliphatic rings. The van der Waals surface area contributed by atoms with Gasteiger partial charge in [-0.2, -0.15) is 16.7 Å². The highest BCUT2D eigenvalue weighted by Gasteiger charge is 2.31. The molecule has 0 bridgehead atoms. The van der Waals surface area contributed by atoms with Gasteiger partial charge in [0.25, 0.3) is 0 Å². The predicted octanol–water partition coefficient (Wildman–Crippen LogP) is 3.18. The number of aromatic nitrogens is 2. The fourth-order valence-electron chi connectivity index (χ4n) is 2.71. The second-order valence-corrected chi connectivity index (χ2v) is 7.70. The van der Waals surface area contributed by atoms with Crippen LogP contribution in [0.15, 0.2) is 4.52 Å². The molecule has 3 rings (SSSR count). The highest BCUT2D eigenvalue weighted by molar-refractivity contribution is 8.06. The van der Waals surface area contributed by atoms with E-state index in [0.717, 1.165) is 24.7 Å². The maximum absolute atomic E-state index is 5.50. The Morgan fingerprint density at radius 1 is 1.32 bits per heavy atom. The van der Waals surface area contributed by atoms with Crippen LogP contribution in [0.1, 0.15) is 55.6 Å². The molecular weight excluding hydrogens is 278 g/mol. The molecule has 0 amide bonds. The van der Waals surface area contributed by atoms with Gasteiger partial charge in [-0.1, -0.05) is 18.5 Å². The number of hydrogen-bond donors (Lipinski definition) is 1. The Morgan fingerprint density at radius 2 is 2.21 bits per heavy atom. The SMILES string of the molecule is CCC1SCCSC1c1noc([C@@H]2CCCCN2)n1. The fourth-order valence-corrected chi connectivity index (χ4v) is 5.69. The zero-order chi connectivity index (χ0) is 13.1. The molecule has 0 radical (unpaired) electrons. The number of rotatable bonds is 3. The van der Waals surface area contributed by atoms with E-state index in [1.165, 1.54) is 30.8 Å². The van der Waals surface area contributed by atoms with Crippen LogP contribution in [0.4, 0.5) is 0 Å². The normalized spacial score (nSPS) is 32.4. The van der Waals surface area contributed by atoms with E-state index in [2.05, 4.69) is 34.1 Å². The first kappa shape index (κ1) is 13.8. The molecule has 19 heavy (non-hydrogen) atoms. The van der Waals surface area contributed by atoms with Gasteiger partial charge in [-0.3, -0.25) is 0 Å². The first-order valence-electron chi connectivity index (χ1n) is 7.18. The third kappa shape index (κ3) is 3.11. The molecule has 3 heterocycles. The molecule has 3 atom stereocenters. The Kier molecular flexibility index (Phi) is 4.71. The Labute approximate surface area is 122 Å². The largest absolute Gasteiger partial charge is 0.338 e. The zero-order valence-electron chi connectivity index (χ0n) is 11.3. The van der Waals surface area contributed by atoms with Crippen LogP contribution in [0, 0.1) is 0 Å². The molecule has 2 saturated heterocycles. The summed E-state index contributed by atoms with van der Waals surface area (Å²) in [6, 6.07) is 0.274. The van der Waals surface area contributed by atoms with Crippen LogP contribution in [0.25, 0.3) is 0 Å². The van der Waals surface area contributed by atoms with Gasteiger partial charge < -0.3 is 9.84 Å². The minimum absolute atomic E-state index is 0.274. The number of nitrogens with one attached hydrogen (secondary N) is 1. The van der Waals surface area contributed by atoms with Gasteiger partial charge in [0.15, 0.2) is 5.82 Å². The van der Waals surface area contributed by atoms with E-state index in [0.29, 0.717) is 10.5 Å². The Hall–Kier alpha value is -0.200. The van der Waals surface area contributed by atoms with Crippen LogP contribution in [0.3, 0.4) is 0 Å². The number of nitrogens with zero attached hydrogens (tertiary/aromatic N) is 2. The van der Waals surface area contributed by atoms with E-state index in [4.69, 9.17) is 4.52 Å². The highest BCUT2D eigenvalue weighted by atomic mass is 32.2. The first-order valence-corrected chi connectivity index (χ1v) is 9.28. The van der Waals surface area contributed by atoms with Crippen molar-refractivity contribution in [2.75, 3.05) is 18.1 Å². The van der Waals surface area contributed by atoms with Gasteiger partial charge in [0.1, 0.15) is 0 Å². The molecule has 6 heteroatoms. The van der Waals surface area contributed by atoms with Crippen LogP contribution < -0.4 is 5.32 Å². The summed E-state index contributed by atoms with van der Waals surface area (Å²) < 4.78 is 5.50. The molecule has 106 valence electrons. The average molecular weight is 299 g/mol. The smallest absolute Gasteiger partial charge is 0.243 e. The van der Waals surface area contributed by atoms with E-state index in [1.54, 1.807) is 0 Å². The summed E-state index contributed by atoms with van der Waals surface area (Å²) in [5, 5.41) is 8.76. The number of piperidine rings is 1. The summed E-state index contributed by atoms with van der Waals surface area (Å²) >= 11 is 4.04. The van der Waals surface area contributed by atoms with E-state index in [-0.39, 0.29) is 6.04 Å². The fraction of sp³-hybridized carbons (Fsp3) is 0.846. The minimum atomic E-state index is 0.274. The van der Waals surface area contributed by atoms with Crippen molar-refractivity contribution in [3.63, 3.8) is 0 Å². The van der Waals surface area contributed by atoms with Crippen LogP contribution >= 0.6 is 23.5 Å². The Balaban J connectivity index is 1.72. The average Bonchev–Trinajstić information content (AvgIpc) is 2.98. The number of thioether (sulfide) groups is 2. The molecule has 1 aromatic rings. The number of hydrogen-bond acceptors (Lipinski definition) is 6. The minimum Gasteiger partial charge on any atom is -0.338 e. The van der Waals surface area contributed by atoms with Gasteiger partial charge in [-0.25, -0.2) is 0 Å². The monoisotopic (exact) mass is 299 g/mol.